The van der Waals surface area contributed by atoms with E-state index in [4.69, 9.17) is 9.15 Å². The molecule has 1 aromatic carbocycles. The number of hydrogen-bond donors (Lipinski definition) is 0. The van der Waals surface area contributed by atoms with E-state index in [2.05, 4.69) is 0 Å². The summed E-state index contributed by atoms with van der Waals surface area (Å²) in [7, 11) is 1.51. The number of rotatable bonds is 4. The fourth-order valence-corrected chi connectivity index (χ4v) is 1.97. The molecule has 19 heavy (non-hydrogen) atoms. The first-order valence-electron chi connectivity index (χ1n) is 5.80. The van der Waals surface area contributed by atoms with Gasteiger partial charge in [-0.1, -0.05) is 18.2 Å². The molecule has 0 fully saturated rings. The van der Waals surface area contributed by atoms with Crippen molar-refractivity contribution in [3.05, 3.63) is 53.5 Å². The largest absolute Gasteiger partial charge is 0.496 e. The van der Waals surface area contributed by atoms with E-state index in [-0.39, 0.29) is 5.78 Å². The van der Waals surface area contributed by atoms with E-state index in [1.807, 2.05) is 6.07 Å². The molecule has 1 heterocycles. The van der Waals surface area contributed by atoms with Gasteiger partial charge < -0.3 is 9.15 Å². The van der Waals surface area contributed by atoms with Crippen LogP contribution in [0, 0.1) is 18.3 Å². The lowest BCUT2D eigenvalue weighted by Crippen LogP contribution is -2.12. The maximum Gasteiger partial charge on any atom is 0.188 e. The van der Waals surface area contributed by atoms with Gasteiger partial charge in [0.1, 0.15) is 17.4 Å². The van der Waals surface area contributed by atoms with E-state index < -0.39 is 5.92 Å². The van der Waals surface area contributed by atoms with Gasteiger partial charge in [0.2, 0.25) is 0 Å². The zero-order valence-corrected chi connectivity index (χ0v) is 10.7. The molecule has 0 aliphatic carbocycles. The van der Waals surface area contributed by atoms with Crippen molar-refractivity contribution in [1.82, 2.24) is 0 Å². The van der Waals surface area contributed by atoms with E-state index in [1.54, 1.807) is 37.3 Å². The van der Waals surface area contributed by atoms with E-state index in [0.717, 1.165) is 0 Å². The number of Topliss-reactive ketones (excluding diaryl/α,β-unsaturated/α-hetero) is 1. The molecule has 1 aromatic heterocycles. The fraction of sp³-hybridized carbons (Fsp3) is 0.200. The van der Waals surface area contributed by atoms with Crippen LogP contribution in [0.2, 0.25) is 0 Å². The standard InChI is InChI=1S/C15H13NO3/c1-10-11(7-8-19-10)15(17)13(9-16)12-5-3-4-6-14(12)18-2/h3-8,13H,1-2H3. The van der Waals surface area contributed by atoms with Crippen LogP contribution in [0.25, 0.3) is 0 Å². The Hall–Kier alpha value is -2.54. The molecule has 0 bridgehead atoms. The first-order valence-corrected chi connectivity index (χ1v) is 5.80. The zero-order valence-electron chi connectivity index (χ0n) is 10.7. The highest BCUT2D eigenvalue weighted by Crippen LogP contribution is 2.29. The van der Waals surface area contributed by atoms with Gasteiger partial charge in [0.05, 0.1) is 25.0 Å². The molecule has 0 amide bonds. The summed E-state index contributed by atoms with van der Waals surface area (Å²) in [5.41, 5.74) is 0.996. The molecule has 0 aliphatic heterocycles. The minimum atomic E-state index is -0.896. The molecular formula is C15H13NO3. The molecule has 4 heteroatoms. The minimum Gasteiger partial charge on any atom is -0.496 e. The van der Waals surface area contributed by atoms with Crippen LogP contribution in [0.5, 0.6) is 5.75 Å². The van der Waals surface area contributed by atoms with Gasteiger partial charge in [-0.05, 0) is 19.1 Å². The Morgan fingerprint density at radius 3 is 2.68 bits per heavy atom. The van der Waals surface area contributed by atoms with E-state index in [9.17, 15) is 10.1 Å². The molecule has 4 nitrogen and oxygen atoms in total. The van der Waals surface area contributed by atoms with Gasteiger partial charge in [-0.2, -0.15) is 5.26 Å². The summed E-state index contributed by atoms with van der Waals surface area (Å²) < 4.78 is 10.3. The summed E-state index contributed by atoms with van der Waals surface area (Å²) in [5, 5.41) is 9.30. The average molecular weight is 255 g/mol. The van der Waals surface area contributed by atoms with Crippen LogP contribution in [0.1, 0.15) is 27.6 Å². The number of nitriles is 1. The number of ether oxygens (including phenoxy) is 1. The first-order chi connectivity index (χ1) is 9.19. The van der Waals surface area contributed by atoms with E-state index in [1.165, 1.54) is 13.4 Å². The summed E-state index contributed by atoms with van der Waals surface area (Å²) in [4.78, 5) is 12.4. The third-order valence-corrected chi connectivity index (χ3v) is 2.97. The molecule has 1 unspecified atom stereocenters. The maximum atomic E-state index is 12.4. The van der Waals surface area contributed by atoms with Crippen molar-refractivity contribution in [2.45, 2.75) is 12.8 Å². The van der Waals surface area contributed by atoms with Crippen LogP contribution in [0.15, 0.2) is 41.0 Å². The van der Waals surface area contributed by atoms with Gasteiger partial charge in [0.15, 0.2) is 5.78 Å². The Bertz CT molecular complexity index is 637. The smallest absolute Gasteiger partial charge is 0.188 e. The van der Waals surface area contributed by atoms with Gasteiger partial charge in [-0.15, -0.1) is 0 Å². The predicted molar refractivity (Wildman–Crippen MR) is 69.1 cm³/mol. The number of carbonyl (C=O) groups excluding carboxylic acids is 1. The van der Waals surface area contributed by atoms with Crippen LogP contribution >= 0.6 is 0 Å². The maximum absolute atomic E-state index is 12.4. The van der Waals surface area contributed by atoms with Crippen LogP contribution < -0.4 is 4.74 Å². The van der Waals surface area contributed by atoms with E-state index >= 15 is 0 Å². The highest BCUT2D eigenvalue weighted by Gasteiger charge is 2.26. The summed E-state index contributed by atoms with van der Waals surface area (Å²) in [5.74, 6) is -0.130. The number of hydrogen-bond acceptors (Lipinski definition) is 4. The van der Waals surface area contributed by atoms with Gasteiger partial charge in [-0.25, -0.2) is 0 Å². The SMILES string of the molecule is COc1ccccc1C(C#N)C(=O)c1ccoc1C. The number of ketones is 1. The second-order valence-corrected chi connectivity index (χ2v) is 4.06. The highest BCUT2D eigenvalue weighted by molar-refractivity contribution is 6.03. The molecular weight excluding hydrogens is 242 g/mol. The summed E-state index contributed by atoms with van der Waals surface area (Å²) >= 11 is 0. The number of para-hydroxylation sites is 1. The second kappa shape index (κ2) is 5.40. The average Bonchev–Trinajstić information content (AvgIpc) is 2.86. The number of benzene rings is 1. The van der Waals surface area contributed by atoms with Crippen LogP contribution in [0.4, 0.5) is 0 Å². The van der Waals surface area contributed by atoms with Crippen molar-refractivity contribution in [2.75, 3.05) is 7.11 Å². The van der Waals surface area contributed by atoms with Gasteiger partial charge in [0, 0.05) is 5.56 Å². The number of methoxy groups -OCH3 is 1. The Morgan fingerprint density at radius 1 is 1.37 bits per heavy atom. The predicted octanol–water partition coefficient (Wildman–Crippen LogP) is 3.09. The number of aryl methyl sites for hydroxylation is 1. The van der Waals surface area contributed by atoms with Crippen molar-refractivity contribution in [2.24, 2.45) is 0 Å². The first kappa shape index (κ1) is 12.9. The Balaban J connectivity index is 2.44. The molecule has 0 aliphatic rings. The Morgan fingerprint density at radius 2 is 2.11 bits per heavy atom. The minimum absolute atomic E-state index is 0.279. The molecule has 96 valence electrons. The lowest BCUT2D eigenvalue weighted by molar-refractivity contribution is 0.0976. The van der Waals surface area contributed by atoms with Crippen molar-refractivity contribution in [3.8, 4) is 11.8 Å². The molecule has 2 aromatic rings. The number of carbonyl (C=O) groups is 1. The molecule has 0 N–H and O–H groups in total. The quantitative estimate of drug-likeness (QED) is 0.787. The summed E-state index contributed by atoms with van der Waals surface area (Å²) in [6.45, 7) is 1.70. The molecule has 0 radical (unpaired) electrons. The molecule has 0 saturated heterocycles. The molecule has 0 spiro atoms. The number of furan rings is 1. The normalized spacial score (nSPS) is 11.6. The third kappa shape index (κ3) is 2.36. The van der Waals surface area contributed by atoms with Crippen molar-refractivity contribution < 1.29 is 13.9 Å². The van der Waals surface area contributed by atoms with Crippen LogP contribution in [-0.4, -0.2) is 12.9 Å². The molecule has 1 atom stereocenters. The van der Waals surface area contributed by atoms with Gasteiger partial charge in [-0.3, -0.25) is 4.79 Å². The lowest BCUT2D eigenvalue weighted by Gasteiger charge is -2.12. The monoisotopic (exact) mass is 255 g/mol. The van der Waals surface area contributed by atoms with Crippen molar-refractivity contribution in [1.29, 1.82) is 5.26 Å². The summed E-state index contributed by atoms with van der Waals surface area (Å²) in [6, 6.07) is 10.6. The Kier molecular flexibility index (Phi) is 3.67. The van der Waals surface area contributed by atoms with Crippen molar-refractivity contribution in [3.63, 3.8) is 0 Å². The van der Waals surface area contributed by atoms with Gasteiger partial charge in [0.25, 0.3) is 0 Å². The highest BCUT2D eigenvalue weighted by atomic mass is 16.5. The lowest BCUT2D eigenvalue weighted by atomic mass is 9.91. The topological polar surface area (TPSA) is 63.2 Å². The van der Waals surface area contributed by atoms with Gasteiger partial charge >= 0.3 is 0 Å². The molecule has 0 saturated carbocycles. The zero-order chi connectivity index (χ0) is 13.8. The molecule has 2 rings (SSSR count). The third-order valence-electron chi connectivity index (χ3n) is 2.97. The van der Waals surface area contributed by atoms with Crippen LogP contribution in [-0.2, 0) is 0 Å². The number of nitrogens with zero attached hydrogens (tertiary/aromatic N) is 1. The summed E-state index contributed by atoms with van der Waals surface area (Å²) in [6.07, 6.45) is 1.44. The van der Waals surface area contributed by atoms with Crippen LogP contribution in [0.3, 0.4) is 0 Å². The van der Waals surface area contributed by atoms with Crippen molar-refractivity contribution >= 4 is 5.78 Å². The van der Waals surface area contributed by atoms with E-state index in [0.29, 0.717) is 22.6 Å². The Labute approximate surface area is 111 Å². The fourth-order valence-electron chi connectivity index (χ4n) is 1.97. The second-order valence-electron chi connectivity index (χ2n) is 4.06.